The fourth-order valence-electron chi connectivity index (χ4n) is 1.60. The van der Waals surface area contributed by atoms with Gasteiger partial charge in [0.2, 0.25) is 5.91 Å². The first-order valence-corrected chi connectivity index (χ1v) is 6.38. The average molecular weight is 294 g/mol. The Kier molecular flexibility index (Phi) is 5.71. The van der Waals surface area contributed by atoms with Crippen LogP contribution >= 0.6 is 0 Å². The molecule has 21 heavy (non-hydrogen) atoms. The minimum absolute atomic E-state index is 0.0108. The van der Waals surface area contributed by atoms with E-state index in [2.05, 4.69) is 5.32 Å². The minimum Gasteiger partial charge on any atom is -0.491 e. The Labute approximate surface area is 122 Å². The van der Waals surface area contributed by atoms with Crippen LogP contribution in [0.1, 0.15) is 30.6 Å². The van der Waals surface area contributed by atoms with Crippen molar-refractivity contribution in [1.29, 1.82) is 0 Å². The molecule has 0 saturated carbocycles. The van der Waals surface area contributed by atoms with E-state index in [0.29, 0.717) is 5.75 Å². The van der Waals surface area contributed by atoms with Crippen LogP contribution in [0.25, 0.3) is 0 Å². The molecule has 7 nitrogen and oxygen atoms in total. The molecule has 0 spiro atoms. The first-order chi connectivity index (χ1) is 9.79. The molecule has 1 atom stereocenters. The number of aliphatic carboxylic acids is 1. The molecular formula is C14H18N2O5. The summed E-state index contributed by atoms with van der Waals surface area (Å²) in [6, 6.07) is 4.89. The van der Waals surface area contributed by atoms with Crippen molar-refractivity contribution in [3.8, 4) is 5.75 Å². The van der Waals surface area contributed by atoms with Crippen LogP contribution in [0.3, 0.4) is 0 Å². The van der Waals surface area contributed by atoms with Crippen molar-refractivity contribution in [2.75, 3.05) is 0 Å². The molecule has 0 aromatic heterocycles. The van der Waals surface area contributed by atoms with Gasteiger partial charge in [-0.2, -0.15) is 0 Å². The molecule has 0 radical (unpaired) electrons. The number of rotatable bonds is 7. The van der Waals surface area contributed by atoms with Crippen molar-refractivity contribution in [3.05, 3.63) is 29.8 Å². The van der Waals surface area contributed by atoms with Gasteiger partial charge in [-0.1, -0.05) is 0 Å². The van der Waals surface area contributed by atoms with Crippen LogP contribution < -0.4 is 15.8 Å². The highest BCUT2D eigenvalue weighted by atomic mass is 16.5. The average Bonchev–Trinajstić information content (AvgIpc) is 2.37. The van der Waals surface area contributed by atoms with Gasteiger partial charge >= 0.3 is 5.97 Å². The first-order valence-electron chi connectivity index (χ1n) is 6.38. The lowest BCUT2D eigenvalue weighted by Crippen LogP contribution is -2.43. The number of nitrogens with two attached hydrogens (primary N) is 1. The quantitative estimate of drug-likeness (QED) is 0.678. The normalized spacial score (nSPS) is 11.8. The van der Waals surface area contributed by atoms with Gasteiger partial charge < -0.3 is 20.9 Å². The first kappa shape index (κ1) is 16.5. The van der Waals surface area contributed by atoms with Gasteiger partial charge in [-0.25, -0.2) is 4.79 Å². The van der Waals surface area contributed by atoms with Gasteiger partial charge in [-0.15, -0.1) is 0 Å². The molecule has 2 amide bonds. The molecule has 0 aliphatic carbocycles. The Hall–Kier alpha value is -2.57. The number of carbonyl (C=O) groups is 3. The zero-order valence-electron chi connectivity index (χ0n) is 11.8. The van der Waals surface area contributed by atoms with Gasteiger partial charge in [-0.05, 0) is 38.1 Å². The molecule has 0 aliphatic rings. The Morgan fingerprint density at radius 1 is 1.24 bits per heavy atom. The second-order valence-corrected chi connectivity index (χ2v) is 4.73. The topological polar surface area (TPSA) is 119 Å². The van der Waals surface area contributed by atoms with Crippen LogP contribution in [0.2, 0.25) is 0 Å². The lowest BCUT2D eigenvalue weighted by molar-refractivity contribution is -0.140. The Morgan fingerprint density at radius 3 is 2.24 bits per heavy atom. The summed E-state index contributed by atoms with van der Waals surface area (Å²) in [6.07, 6.45) is -0.452. The number of amides is 2. The molecular weight excluding hydrogens is 276 g/mol. The number of carboxylic acids is 1. The lowest BCUT2D eigenvalue weighted by Gasteiger charge is -2.13. The number of benzene rings is 1. The number of hydrogen-bond donors (Lipinski definition) is 3. The Morgan fingerprint density at radius 2 is 1.81 bits per heavy atom. The molecule has 7 heteroatoms. The summed E-state index contributed by atoms with van der Waals surface area (Å²) in [5.41, 5.74) is 5.21. The van der Waals surface area contributed by atoms with E-state index in [4.69, 9.17) is 15.6 Å². The predicted molar refractivity (Wildman–Crippen MR) is 74.9 cm³/mol. The summed E-state index contributed by atoms with van der Waals surface area (Å²) < 4.78 is 5.43. The van der Waals surface area contributed by atoms with Crippen LogP contribution in [0.15, 0.2) is 24.3 Å². The van der Waals surface area contributed by atoms with E-state index < -0.39 is 30.2 Å². The smallest absolute Gasteiger partial charge is 0.326 e. The third kappa shape index (κ3) is 5.52. The molecule has 1 aromatic carbocycles. The molecule has 114 valence electrons. The van der Waals surface area contributed by atoms with E-state index in [0.717, 1.165) is 0 Å². The van der Waals surface area contributed by atoms with E-state index in [-0.39, 0.29) is 11.7 Å². The van der Waals surface area contributed by atoms with E-state index in [1.165, 1.54) is 12.1 Å². The summed E-state index contributed by atoms with van der Waals surface area (Å²) in [5.74, 6) is -2.11. The number of hydrogen-bond acceptors (Lipinski definition) is 4. The van der Waals surface area contributed by atoms with E-state index in [1.54, 1.807) is 12.1 Å². The zero-order valence-corrected chi connectivity index (χ0v) is 11.8. The van der Waals surface area contributed by atoms with Crippen molar-refractivity contribution in [3.63, 3.8) is 0 Å². The summed E-state index contributed by atoms with van der Waals surface area (Å²) in [7, 11) is 0. The standard InChI is InChI=1S/C14H18N2O5/c1-8(2)21-10-5-3-9(4-6-10)13(18)16-11(14(19)20)7-12(15)17/h3-6,8,11H,7H2,1-2H3,(H2,15,17)(H,16,18)(H,19,20)/t11-/m0/s1. The lowest BCUT2D eigenvalue weighted by atomic mass is 10.1. The fraction of sp³-hybridized carbons (Fsp3) is 0.357. The molecule has 1 rings (SSSR count). The molecule has 1 aromatic rings. The third-order valence-electron chi connectivity index (χ3n) is 2.50. The van der Waals surface area contributed by atoms with Crippen LogP contribution in [-0.4, -0.2) is 35.0 Å². The van der Waals surface area contributed by atoms with Crippen molar-refractivity contribution in [1.82, 2.24) is 5.32 Å². The monoisotopic (exact) mass is 294 g/mol. The Balaban J connectivity index is 2.73. The van der Waals surface area contributed by atoms with Crippen LogP contribution in [0, 0.1) is 0 Å². The van der Waals surface area contributed by atoms with Gasteiger partial charge in [0.15, 0.2) is 0 Å². The van der Waals surface area contributed by atoms with Crippen molar-refractivity contribution >= 4 is 17.8 Å². The van der Waals surface area contributed by atoms with Crippen molar-refractivity contribution in [2.24, 2.45) is 5.73 Å². The van der Waals surface area contributed by atoms with Crippen LogP contribution in [-0.2, 0) is 9.59 Å². The number of carboxylic acid groups (broad SMARTS) is 1. The van der Waals surface area contributed by atoms with Gasteiger partial charge in [-0.3, -0.25) is 9.59 Å². The summed E-state index contributed by atoms with van der Waals surface area (Å²) in [5, 5.41) is 11.2. The molecule has 0 aliphatic heterocycles. The number of nitrogens with one attached hydrogen (secondary N) is 1. The Bertz CT molecular complexity index is 525. The zero-order chi connectivity index (χ0) is 16.0. The maximum absolute atomic E-state index is 11.9. The van der Waals surface area contributed by atoms with Gasteiger partial charge in [0.1, 0.15) is 11.8 Å². The maximum Gasteiger partial charge on any atom is 0.326 e. The summed E-state index contributed by atoms with van der Waals surface area (Å²) in [4.78, 5) is 33.6. The van der Waals surface area contributed by atoms with E-state index >= 15 is 0 Å². The van der Waals surface area contributed by atoms with Crippen LogP contribution in [0.4, 0.5) is 0 Å². The predicted octanol–water partition coefficient (Wildman–Crippen LogP) is 0.532. The number of primary amides is 1. The van der Waals surface area contributed by atoms with Gasteiger partial charge in [0.25, 0.3) is 5.91 Å². The van der Waals surface area contributed by atoms with Gasteiger partial charge in [0, 0.05) is 5.56 Å². The number of ether oxygens (including phenoxy) is 1. The second kappa shape index (κ2) is 7.28. The van der Waals surface area contributed by atoms with E-state index in [1.807, 2.05) is 13.8 Å². The second-order valence-electron chi connectivity index (χ2n) is 4.73. The van der Waals surface area contributed by atoms with Crippen LogP contribution in [0.5, 0.6) is 5.75 Å². The molecule has 0 fully saturated rings. The third-order valence-corrected chi connectivity index (χ3v) is 2.50. The van der Waals surface area contributed by atoms with E-state index in [9.17, 15) is 14.4 Å². The summed E-state index contributed by atoms with van der Waals surface area (Å²) >= 11 is 0. The minimum atomic E-state index is -1.35. The molecule has 0 bridgehead atoms. The summed E-state index contributed by atoms with van der Waals surface area (Å²) in [6.45, 7) is 3.75. The fourth-order valence-corrected chi connectivity index (χ4v) is 1.60. The maximum atomic E-state index is 11.9. The molecule has 0 unspecified atom stereocenters. The number of carbonyl (C=O) groups excluding carboxylic acids is 2. The highest BCUT2D eigenvalue weighted by Crippen LogP contribution is 2.14. The SMILES string of the molecule is CC(C)Oc1ccc(C(=O)N[C@@H](CC(N)=O)C(=O)O)cc1. The highest BCUT2D eigenvalue weighted by Gasteiger charge is 2.22. The molecule has 0 heterocycles. The molecule has 0 saturated heterocycles. The van der Waals surface area contributed by atoms with Crippen molar-refractivity contribution < 1.29 is 24.2 Å². The van der Waals surface area contributed by atoms with Crippen molar-refractivity contribution in [2.45, 2.75) is 32.4 Å². The highest BCUT2D eigenvalue weighted by molar-refractivity contribution is 5.97. The largest absolute Gasteiger partial charge is 0.491 e. The molecule has 4 N–H and O–H groups in total. The van der Waals surface area contributed by atoms with Gasteiger partial charge in [0.05, 0.1) is 12.5 Å².